The second kappa shape index (κ2) is 4.47. The van der Waals surface area contributed by atoms with E-state index in [9.17, 15) is 0 Å². The van der Waals surface area contributed by atoms with Crippen LogP contribution in [0.3, 0.4) is 0 Å². The molecule has 6 heteroatoms. The van der Waals surface area contributed by atoms with Crippen molar-refractivity contribution in [3.8, 4) is 5.82 Å². The maximum absolute atomic E-state index is 6.13. The molecule has 0 aliphatic rings. The quantitative estimate of drug-likeness (QED) is 0.642. The van der Waals surface area contributed by atoms with Gasteiger partial charge in [-0.05, 0) is 48.7 Å². The highest BCUT2D eigenvalue weighted by Gasteiger charge is 2.11. The number of aromatic nitrogens is 4. The zero-order valence-corrected chi connectivity index (χ0v) is 11.9. The van der Waals surface area contributed by atoms with Gasteiger partial charge in [-0.25, -0.2) is 9.97 Å². The summed E-state index contributed by atoms with van der Waals surface area (Å²) in [4.78, 5) is 12.4. The van der Waals surface area contributed by atoms with Crippen LogP contribution in [0.2, 0.25) is 10.3 Å². The molecule has 2 aromatic heterocycles. The molecule has 2 heterocycles. The van der Waals surface area contributed by atoms with Gasteiger partial charge < -0.3 is 0 Å². The summed E-state index contributed by atoms with van der Waals surface area (Å²) in [7, 11) is 0. The van der Waals surface area contributed by atoms with Crippen molar-refractivity contribution < 1.29 is 0 Å². The van der Waals surface area contributed by atoms with E-state index in [4.69, 9.17) is 23.2 Å². The van der Waals surface area contributed by atoms with Gasteiger partial charge in [-0.1, -0.05) is 11.6 Å². The molecule has 96 valence electrons. The standard InChI is InChI=1S/C13H10Cl2N4/c1-7-3-10-11(4-8(7)2)19(6-17-10)12-9(14)5-16-13(15)18-12/h3-6H,1-2H3. The molecule has 0 saturated carbocycles. The molecule has 0 radical (unpaired) electrons. The van der Waals surface area contributed by atoms with Crippen molar-refractivity contribution in [2.24, 2.45) is 0 Å². The number of benzene rings is 1. The third-order valence-electron chi connectivity index (χ3n) is 3.09. The molecule has 3 rings (SSSR count). The second-order valence-electron chi connectivity index (χ2n) is 4.35. The van der Waals surface area contributed by atoms with Crippen molar-refractivity contribution >= 4 is 34.2 Å². The van der Waals surface area contributed by atoms with Crippen LogP contribution in [0.15, 0.2) is 24.7 Å². The van der Waals surface area contributed by atoms with Crippen LogP contribution in [-0.2, 0) is 0 Å². The van der Waals surface area contributed by atoms with E-state index in [0.29, 0.717) is 10.8 Å². The molecule has 1 aromatic carbocycles. The van der Waals surface area contributed by atoms with E-state index < -0.39 is 0 Å². The van der Waals surface area contributed by atoms with Crippen LogP contribution < -0.4 is 0 Å². The van der Waals surface area contributed by atoms with E-state index in [1.165, 1.54) is 17.3 Å². The van der Waals surface area contributed by atoms with Crippen LogP contribution in [0, 0.1) is 13.8 Å². The number of nitrogens with zero attached hydrogens (tertiary/aromatic N) is 4. The smallest absolute Gasteiger partial charge is 0.224 e. The number of hydrogen-bond acceptors (Lipinski definition) is 3. The first-order valence-corrected chi connectivity index (χ1v) is 6.44. The molecule has 19 heavy (non-hydrogen) atoms. The Hall–Kier alpha value is -1.65. The number of fused-ring (bicyclic) bond motifs is 1. The second-order valence-corrected chi connectivity index (χ2v) is 5.10. The Labute approximate surface area is 120 Å². The first-order valence-electron chi connectivity index (χ1n) is 5.69. The molecule has 0 bridgehead atoms. The molecule has 0 atom stereocenters. The molecule has 0 fully saturated rings. The SMILES string of the molecule is Cc1cc2ncn(-c3nc(Cl)ncc3Cl)c2cc1C. The summed E-state index contributed by atoms with van der Waals surface area (Å²) in [6, 6.07) is 4.10. The monoisotopic (exact) mass is 292 g/mol. The predicted octanol–water partition coefficient (Wildman–Crippen LogP) is 3.74. The number of imidazole rings is 1. The summed E-state index contributed by atoms with van der Waals surface area (Å²) < 4.78 is 1.82. The number of rotatable bonds is 1. The lowest BCUT2D eigenvalue weighted by atomic mass is 10.1. The van der Waals surface area contributed by atoms with Gasteiger partial charge in [-0.2, -0.15) is 4.98 Å². The van der Waals surface area contributed by atoms with Crippen molar-refractivity contribution in [3.05, 3.63) is 46.1 Å². The average Bonchev–Trinajstić information content (AvgIpc) is 2.76. The first kappa shape index (κ1) is 12.4. The Morgan fingerprint density at radius 2 is 1.79 bits per heavy atom. The van der Waals surface area contributed by atoms with Crippen molar-refractivity contribution in [1.82, 2.24) is 19.5 Å². The minimum absolute atomic E-state index is 0.157. The molecule has 0 aliphatic heterocycles. The first-order chi connectivity index (χ1) is 9.06. The maximum atomic E-state index is 6.13. The normalized spacial score (nSPS) is 11.2. The third-order valence-corrected chi connectivity index (χ3v) is 3.54. The highest BCUT2D eigenvalue weighted by Crippen LogP contribution is 2.25. The fourth-order valence-electron chi connectivity index (χ4n) is 1.94. The highest BCUT2D eigenvalue weighted by atomic mass is 35.5. The Balaban J connectivity index is 2.31. The van der Waals surface area contributed by atoms with Crippen LogP contribution in [0.1, 0.15) is 11.1 Å². The predicted molar refractivity (Wildman–Crippen MR) is 76.2 cm³/mol. The maximum Gasteiger partial charge on any atom is 0.224 e. The minimum Gasteiger partial charge on any atom is -0.282 e. The van der Waals surface area contributed by atoms with Gasteiger partial charge >= 0.3 is 0 Å². The van der Waals surface area contributed by atoms with Crippen molar-refractivity contribution in [1.29, 1.82) is 0 Å². The van der Waals surface area contributed by atoms with Gasteiger partial charge in [-0.15, -0.1) is 0 Å². The third kappa shape index (κ3) is 2.07. The number of hydrogen-bond donors (Lipinski definition) is 0. The lowest BCUT2D eigenvalue weighted by Gasteiger charge is -2.06. The fourth-order valence-corrected chi connectivity index (χ4v) is 2.25. The summed E-state index contributed by atoms with van der Waals surface area (Å²) in [6.45, 7) is 4.11. The summed E-state index contributed by atoms with van der Waals surface area (Å²) >= 11 is 12.0. The molecule has 0 aliphatic carbocycles. The van der Waals surface area contributed by atoms with Crippen molar-refractivity contribution in [2.75, 3.05) is 0 Å². The zero-order valence-electron chi connectivity index (χ0n) is 10.4. The van der Waals surface area contributed by atoms with Crippen molar-refractivity contribution in [3.63, 3.8) is 0 Å². The molecule has 0 amide bonds. The molecule has 0 saturated heterocycles. The van der Waals surface area contributed by atoms with Crippen molar-refractivity contribution in [2.45, 2.75) is 13.8 Å². The van der Waals surface area contributed by atoms with E-state index in [1.807, 2.05) is 10.6 Å². The van der Waals surface area contributed by atoms with E-state index in [0.717, 1.165) is 11.0 Å². The zero-order chi connectivity index (χ0) is 13.6. The summed E-state index contributed by atoms with van der Waals surface area (Å²) in [5.74, 6) is 0.535. The number of aryl methyl sites for hydroxylation is 2. The molecule has 3 aromatic rings. The summed E-state index contributed by atoms with van der Waals surface area (Å²) in [5.41, 5.74) is 4.23. The Bertz CT molecular complexity index is 780. The molecule has 0 unspecified atom stereocenters. The van der Waals surface area contributed by atoms with Gasteiger partial charge in [0.25, 0.3) is 0 Å². The van der Waals surface area contributed by atoms with E-state index in [-0.39, 0.29) is 5.28 Å². The molecular formula is C13H10Cl2N4. The number of halogens is 2. The van der Waals surface area contributed by atoms with Crippen LogP contribution in [-0.4, -0.2) is 19.5 Å². The highest BCUT2D eigenvalue weighted by molar-refractivity contribution is 6.33. The Morgan fingerprint density at radius 1 is 1.05 bits per heavy atom. The van der Waals surface area contributed by atoms with Gasteiger partial charge in [0.1, 0.15) is 11.3 Å². The summed E-state index contributed by atoms with van der Waals surface area (Å²) in [5, 5.41) is 0.590. The van der Waals surface area contributed by atoms with Crippen LogP contribution >= 0.6 is 23.2 Å². The van der Waals surface area contributed by atoms with Crippen LogP contribution in [0.25, 0.3) is 16.9 Å². The van der Waals surface area contributed by atoms with Crippen LogP contribution in [0.5, 0.6) is 0 Å². The van der Waals surface area contributed by atoms with Gasteiger partial charge in [0.05, 0.1) is 17.2 Å². The molecular weight excluding hydrogens is 283 g/mol. The van der Waals surface area contributed by atoms with Crippen LogP contribution in [0.4, 0.5) is 0 Å². The van der Waals surface area contributed by atoms with Gasteiger partial charge in [-0.3, -0.25) is 4.57 Å². The lowest BCUT2D eigenvalue weighted by molar-refractivity contribution is 0.995. The van der Waals surface area contributed by atoms with E-state index in [2.05, 4.69) is 34.9 Å². The molecule has 0 N–H and O–H groups in total. The molecule has 0 spiro atoms. The largest absolute Gasteiger partial charge is 0.282 e. The Kier molecular flexibility index (Phi) is 2.92. The van der Waals surface area contributed by atoms with Gasteiger partial charge in [0.15, 0.2) is 5.82 Å². The minimum atomic E-state index is 0.157. The fraction of sp³-hybridized carbons (Fsp3) is 0.154. The summed E-state index contributed by atoms with van der Waals surface area (Å²) in [6.07, 6.45) is 3.17. The topological polar surface area (TPSA) is 43.6 Å². The lowest BCUT2D eigenvalue weighted by Crippen LogP contribution is -1.99. The average molecular weight is 293 g/mol. The Morgan fingerprint density at radius 3 is 2.58 bits per heavy atom. The van der Waals surface area contributed by atoms with Gasteiger partial charge in [0, 0.05) is 0 Å². The van der Waals surface area contributed by atoms with Gasteiger partial charge in [0.2, 0.25) is 5.28 Å². The van der Waals surface area contributed by atoms with E-state index in [1.54, 1.807) is 6.33 Å². The van der Waals surface area contributed by atoms with E-state index >= 15 is 0 Å². The molecule has 4 nitrogen and oxygen atoms in total.